The van der Waals surface area contributed by atoms with Gasteiger partial charge in [0.2, 0.25) is 0 Å². The van der Waals surface area contributed by atoms with Crippen LogP contribution in [0.25, 0.3) is 16.0 Å². The van der Waals surface area contributed by atoms with Crippen LogP contribution in [0, 0.1) is 0 Å². The minimum atomic E-state index is 1.75. The maximum Gasteiger partial charge on any atom is -0.162 e. The first-order valence-corrected chi connectivity index (χ1v) is 7.61. The predicted octanol–water partition coefficient (Wildman–Crippen LogP) is 5.62. The number of rotatable bonds is 2. The molecule has 0 aromatic heterocycles. The Hall–Kier alpha value is -0.446. The standard InChI is InChI=1S/C6H10.C5H7.3C2H6N.Ti/c1-3-5-6-4-2;1-3-5-4-2;3*1-3-2;/h3-6H,1-2H3;1,3-5H,2H3;3*1-2H3;/q;;3*-1;+3. The van der Waals surface area contributed by atoms with Crippen molar-refractivity contribution in [3.63, 3.8) is 0 Å². The average molecular weight is 329 g/mol. The predicted molar refractivity (Wildman–Crippen MR) is 99.2 cm³/mol. The van der Waals surface area contributed by atoms with Crippen LogP contribution in [0.2, 0.25) is 0 Å². The summed E-state index contributed by atoms with van der Waals surface area (Å²) < 4.78 is 2.00. The molecule has 0 aliphatic heterocycles. The molecule has 0 rings (SSSR count). The van der Waals surface area contributed by atoms with Crippen LogP contribution < -0.4 is 0 Å². The van der Waals surface area contributed by atoms with E-state index in [9.17, 15) is 0 Å². The molecular weight excluding hydrogens is 294 g/mol. The second-order valence-electron chi connectivity index (χ2n) is 3.28. The molecule has 0 aliphatic carbocycles. The van der Waals surface area contributed by atoms with Crippen LogP contribution in [0.15, 0.2) is 46.9 Å². The molecule has 0 aromatic carbocycles. The fourth-order valence-corrected chi connectivity index (χ4v) is 0.562. The Morgan fingerprint density at radius 2 is 0.714 bits per heavy atom. The van der Waals surface area contributed by atoms with Gasteiger partial charge in [0.05, 0.1) is 0 Å². The van der Waals surface area contributed by atoms with Crippen molar-refractivity contribution >= 4 is 0 Å². The molecule has 0 unspecified atom stereocenters. The van der Waals surface area contributed by atoms with Crippen LogP contribution >= 0.6 is 0 Å². The molecule has 21 heavy (non-hydrogen) atoms. The van der Waals surface area contributed by atoms with E-state index in [0.29, 0.717) is 0 Å². The summed E-state index contributed by atoms with van der Waals surface area (Å²) in [6.07, 6.45) is 14.0. The van der Waals surface area contributed by atoms with Crippen molar-refractivity contribution in [2.24, 2.45) is 0 Å². The van der Waals surface area contributed by atoms with Crippen molar-refractivity contribution < 1.29 is 20.4 Å². The van der Waals surface area contributed by atoms with Gasteiger partial charge < -0.3 is 16.0 Å². The zero-order chi connectivity index (χ0) is 17.8. The topological polar surface area (TPSA) is 42.3 Å². The average Bonchev–Trinajstić information content (AvgIpc) is 2.46. The summed E-state index contributed by atoms with van der Waals surface area (Å²) in [4.78, 5) is 0. The summed E-state index contributed by atoms with van der Waals surface area (Å²) in [5.41, 5.74) is 0. The van der Waals surface area contributed by atoms with Gasteiger partial charge in [-0.25, -0.2) is 0 Å². The van der Waals surface area contributed by atoms with Crippen LogP contribution in [0.5, 0.6) is 0 Å². The molecule has 0 fully saturated rings. The molecule has 0 aliphatic rings. The summed E-state index contributed by atoms with van der Waals surface area (Å²) in [5, 5.41) is 10.5. The van der Waals surface area contributed by atoms with Gasteiger partial charge in [0.25, 0.3) is 0 Å². The van der Waals surface area contributed by atoms with Crippen molar-refractivity contribution in [1.82, 2.24) is 0 Å². The molecule has 4 heteroatoms. The third-order valence-electron chi connectivity index (χ3n) is 0.896. The third-order valence-corrected chi connectivity index (χ3v) is 1.20. The first-order valence-electron chi connectivity index (χ1n) is 6.70. The van der Waals surface area contributed by atoms with Gasteiger partial charge in [0, 0.05) is 0 Å². The van der Waals surface area contributed by atoms with Gasteiger partial charge in [0.15, 0.2) is 0 Å². The molecule has 0 saturated heterocycles. The fourth-order valence-electron chi connectivity index (χ4n) is 0.389. The molecule has 0 N–H and O–H groups in total. The largest absolute Gasteiger partial charge is 0.668 e. The van der Waals surface area contributed by atoms with E-state index in [0.717, 1.165) is 0 Å². The Morgan fingerprint density at radius 3 is 0.810 bits per heavy atom. The van der Waals surface area contributed by atoms with Crippen LogP contribution in [-0.2, 0) is 20.4 Å². The number of hydrogen-bond acceptors (Lipinski definition) is 0. The van der Waals surface area contributed by atoms with Gasteiger partial charge in [-0.1, -0.05) is 24.3 Å². The number of hydrogen-bond donors (Lipinski definition) is 0. The van der Waals surface area contributed by atoms with Gasteiger partial charge in [0.1, 0.15) is 0 Å². The molecule has 0 atom stereocenters. The minimum Gasteiger partial charge on any atom is -0.668 e. The molecule has 0 radical (unpaired) electrons. The van der Waals surface area contributed by atoms with Gasteiger partial charge in [-0.05, 0) is 13.8 Å². The summed E-state index contributed by atoms with van der Waals surface area (Å²) in [7, 11) is 10.5. The van der Waals surface area contributed by atoms with E-state index in [1.54, 1.807) is 42.3 Å². The van der Waals surface area contributed by atoms with Crippen molar-refractivity contribution in [3.05, 3.63) is 62.9 Å². The molecule has 0 bridgehead atoms. The zero-order valence-corrected chi connectivity index (χ0v) is 17.0. The van der Waals surface area contributed by atoms with Crippen LogP contribution in [0.3, 0.4) is 0 Å². The monoisotopic (exact) mass is 329 g/mol. The maximum absolute atomic E-state index is 3.50. The van der Waals surface area contributed by atoms with E-state index < -0.39 is 0 Å². The van der Waals surface area contributed by atoms with E-state index >= 15 is 0 Å². The first-order chi connectivity index (χ1) is 10.1. The number of allylic oxidation sites excluding steroid dienone is 7. The van der Waals surface area contributed by atoms with Crippen LogP contribution in [0.4, 0.5) is 0 Å². The van der Waals surface area contributed by atoms with Gasteiger partial charge in [-0.3, -0.25) is 0 Å². The molecule has 122 valence electrons. The summed E-state index contributed by atoms with van der Waals surface area (Å²) >= 11 is 2.00. The second kappa shape index (κ2) is 60.4. The minimum absolute atomic E-state index is 1.75. The quantitative estimate of drug-likeness (QED) is 0.466. The molecule has 0 spiro atoms. The second-order valence-corrected chi connectivity index (χ2v) is 3.80. The number of nitrogens with zero attached hydrogens (tertiary/aromatic N) is 3. The van der Waals surface area contributed by atoms with E-state index in [-0.39, 0.29) is 0 Å². The summed E-state index contributed by atoms with van der Waals surface area (Å²) in [5.74, 6) is 0. The molecular formula is C17H35N3Ti. The Bertz CT molecular complexity index is 165. The SMILES string of the molecule is CC=CC=CC.CC=CC=[CH][Ti+3].C[N-]C.C[N-]C.C[N-]C. The maximum atomic E-state index is 3.50. The van der Waals surface area contributed by atoms with Crippen LogP contribution in [0.1, 0.15) is 20.8 Å². The van der Waals surface area contributed by atoms with Crippen molar-refractivity contribution in [1.29, 1.82) is 0 Å². The molecule has 0 aromatic rings. The van der Waals surface area contributed by atoms with E-state index in [2.05, 4.69) is 16.0 Å². The Morgan fingerprint density at radius 1 is 0.524 bits per heavy atom. The molecule has 3 nitrogen and oxygen atoms in total. The first kappa shape index (κ1) is 32.5. The van der Waals surface area contributed by atoms with Crippen molar-refractivity contribution in [2.45, 2.75) is 20.8 Å². The van der Waals surface area contributed by atoms with E-state index in [4.69, 9.17) is 0 Å². The summed E-state index contributed by atoms with van der Waals surface area (Å²) in [6, 6.07) is 0. The van der Waals surface area contributed by atoms with Crippen molar-refractivity contribution in [2.75, 3.05) is 42.3 Å². The van der Waals surface area contributed by atoms with Crippen molar-refractivity contribution in [3.8, 4) is 0 Å². The fraction of sp³-hybridized carbons (Fsp3) is 0.529. The van der Waals surface area contributed by atoms with Gasteiger partial charge in [-0.15, -0.1) is 0 Å². The van der Waals surface area contributed by atoms with Gasteiger partial charge >= 0.3 is 50.0 Å². The molecule has 0 heterocycles. The Labute approximate surface area is 146 Å². The van der Waals surface area contributed by atoms with Gasteiger partial charge in [-0.2, -0.15) is 42.3 Å². The smallest absolute Gasteiger partial charge is 0.162 e. The molecule has 0 amide bonds. The van der Waals surface area contributed by atoms with E-state index in [1.807, 2.05) is 88.1 Å². The van der Waals surface area contributed by atoms with E-state index in [1.165, 1.54) is 0 Å². The normalized spacial score (nSPS) is 9.29. The Balaban J connectivity index is -0.0000000533. The third kappa shape index (κ3) is 195. The Kier molecular flexibility index (Phi) is 93.5. The molecule has 0 saturated carbocycles. The summed E-state index contributed by atoms with van der Waals surface area (Å²) in [6.45, 7) is 6.00. The zero-order valence-electron chi connectivity index (χ0n) is 15.5. The van der Waals surface area contributed by atoms with Crippen LogP contribution in [-0.4, -0.2) is 42.3 Å².